The van der Waals surface area contributed by atoms with Crippen molar-refractivity contribution >= 4 is 69.1 Å². The van der Waals surface area contributed by atoms with Crippen molar-refractivity contribution in [3.8, 4) is 0 Å². The number of thioether (sulfide) groups is 1. The minimum absolute atomic E-state index is 0.0255. The lowest BCUT2D eigenvalue weighted by Crippen LogP contribution is -2.47. The maximum Gasteiger partial charge on any atom is 0.481 e. The van der Waals surface area contributed by atoms with E-state index in [1.54, 1.807) is 0 Å². The quantitative estimate of drug-likeness (QED) is 0.0357. The molecule has 1 saturated heterocycles. The summed E-state index contributed by atoms with van der Waals surface area (Å²) < 4.78 is 62.0. The summed E-state index contributed by atoms with van der Waals surface area (Å²) >= 11 is 0.937. The summed E-state index contributed by atoms with van der Waals surface area (Å²) in [4.78, 5) is 87.2. The van der Waals surface area contributed by atoms with E-state index in [0.717, 1.165) is 29.0 Å². The molecular weight excluding hydrogens is 823 g/mol. The maximum atomic E-state index is 12.7. The molecule has 14 N–H and O–H groups in total. The van der Waals surface area contributed by atoms with Gasteiger partial charge in [-0.15, -0.1) is 0 Å². The molecule has 2 aromatic heterocycles. The zero-order valence-corrected chi connectivity index (χ0v) is 32.9. The summed E-state index contributed by atoms with van der Waals surface area (Å²) in [6.45, 7) is 1.84. The molecule has 2 amide bonds. The highest BCUT2D eigenvalue weighted by molar-refractivity contribution is 8.13. The smallest absolute Gasteiger partial charge is 0.386 e. The number of phosphoric ester groups is 3. The third kappa shape index (κ3) is 14.7. The first kappa shape index (κ1) is 46.9. The largest absolute Gasteiger partial charge is 0.481 e. The summed E-state index contributed by atoms with van der Waals surface area (Å²) in [5.74, 6) is -1.27. The van der Waals surface area contributed by atoms with Crippen molar-refractivity contribution in [2.45, 2.75) is 69.9 Å². The van der Waals surface area contributed by atoms with Crippen LogP contribution in [0.4, 0.5) is 5.82 Å². The van der Waals surface area contributed by atoms with E-state index >= 15 is 0 Å². The number of hydrogen-bond donors (Lipinski definition) is 11. The lowest BCUT2D eigenvalue weighted by atomic mass is 9.87. The average Bonchev–Trinajstić information content (AvgIpc) is 3.60. The molecule has 1 fully saturated rings. The van der Waals surface area contributed by atoms with Gasteiger partial charge in [-0.1, -0.05) is 25.6 Å². The molecule has 0 aliphatic carbocycles. The SMILES string of the molecule is CC(N)(N)CC(=O)SCCNC(=O)CCNC(=O)C(O)C(C)(C)COP(=O)(O)OP(=O)(O)OC[C@H]1O[C@@H](n2cnc3c(N)ncnc32)[C@H](O)[C@@H]1OP(=O)(O)O. The van der Waals surface area contributed by atoms with Crippen molar-refractivity contribution in [1.82, 2.24) is 30.2 Å². The number of imidazole rings is 1. The van der Waals surface area contributed by atoms with E-state index in [2.05, 4.69) is 34.4 Å². The highest BCUT2D eigenvalue weighted by atomic mass is 32.2. The number of amides is 2. The summed E-state index contributed by atoms with van der Waals surface area (Å²) in [5.41, 5.74) is 14.2. The highest BCUT2D eigenvalue weighted by Gasteiger charge is 2.50. The molecule has 0 bridgehead atoms. The zero-order chi connectivity index (χ0) is 41.6. The van der Waals surface area contributed by atoms with Crippen LogP contribution in [-0.4, -0.2) is 128 Å². The third-order valence-electron chi connectivity index (χ3n) is 7.29. The van der Waals surface area contributed by atoms with Gasteiger partial charge in [0.1, 0.15) is 36.3 Å². The Hall–Kier alpha value is -2.52. The number of fused-ring (bicyclic) bond motifs is 1. The monoisotopic (exact) mass is 867 g/mol. The second-order valence-corrected chi connectivity index (χ2v) is 18.4. The number of aliphatic hydroxyl groups excluding tert-OH is 2. The minimum atomic E-state index is -5.58. The van der Waals surface area contributed by atoms with Crippen molar-refractivity contribution in [2.75, 3.05) is 37.8 Å². The Morgan fingerprint density at radius 1 is 1.04 bits per heavy atom. The van der Waals surface area contributed by atoms with E-state index in [1.165, 1.54) is 20.8 Å². The number of nitrogens with one attached hydrogen (secondary N) is 2. The minimum Gasteiger partial charge on any atom is -0.386 e. The molecule has 30 heteroatoms. The predicted molar refractivity (Wildman–Crippen MR) is 188 cm³/mol. The molecule has 0 saturated carbocycles. The zero-order valence-electron chi connectivity index (χ0n) is 29.4. The molecule has 1 aliphatic heterocycles. The Bertz CT molecular complexity index is 1830. The number of anilines is 1. The molecule has 3 heterocycles. The summed E-state index contributed by atoms with van der Waals surface area (Å²) in [5, 5.41) is 26.0. The van der Waals surface area contributed by atoms with Gasteiger partial charge in [0.15, 0.2) is 22.8 Å². The van der Waals surface area contributed by atoms with Gasteiger partial charge in [-0.05, 0) is 6.92 Å². The number of carbonyl (C=O) groups is 3. The van der Waals surface area contributed by atoms with E-state index in [9.17, 15) is 57.9 Å². The van der Waals surface area contributed by atoms with E-state index in [4.69, 9.17) is 31.0 Å². The molecule has 3 unspecified atom stereocenters. The van der Waals surface area contributed by atoms with Gasteiger partial charge >= 0.3 is 23.5 Å². The number of phosphoric acid groups is 3. The molecule has 55 heavy (non-hydrogen) atoms. The van der Waals surface area contributed by atoms with Crippen LogP contribution < -0.4 is 27.8 Å². The van der Waals surface area contributed by atoms with Crippen LogP contribution in [-0.2, 0) is 50.7 Å². The Labute approximate surface area is 316 Å². The fraction of sp³-hybridized carbons (Fsp3) is 0.680. The third-order valence-corrected chi connectivity index (χ3v) is 11.3. The standard InChI is InChI=1S/C25H44N9O17P3S/c1-24(2,19(38)22(39)30-5-4-14(35)29-6-7-55-15(36)8-25(3,27)28)10-48-54(45,46)51-53(43,44)47-9-13-18(50-52(40,41)42)17(37)23(49-13)34-12-33-16-20(26)31-11-32-21(16)34/h11-13,17-19,23,37-38H,4-10,27-28H2,1-3H3,(H,29,35)(H,30,39)(H,43,44)(H,45,46)(H2,26,31,32)(H2,40,41,42)/t13-,17-,18-,19?,23-/m1/s1. The van der Waals surface area contributed by atoms with Crippen LogP contribution in [0.2, 0.25) is 0 Å². The number of aromatic nitrogens is 4. The molecule has 312 valence electrons. The number of rotatable bonds is 21. The first-order valence-electron chi connectivity index (χ1n) is 15.8. The van der Waals surface area contributed by atoms with Gasteiger partial charge in [-0.3, -0.25) is 32.5 Å². The summed E-state index contributed by atoms with van der Waals surface area (Å²) in [6.07, 6.45) is -7.06. The van der Waals surface area contributed by atoms with Crippen molar-refractivity contribution < 1.29 is 80.5 Å². The van der Waals surface area contributed by atoms with E-state index in [0.29, 0.717) is 0 Å². The van der Waals surface area contributed by atoms with Crippen LogP contribution in [0.5, 0.6) is 0 Å². The average molecular weight is 868 g/mol. The van der Waals surface area contributed by atoms with Crippen LogP contribution in [0.25, 0.3) is 11.2 Å². The molecule has 0 spiro atoms. The fourth-order valence-electron chi connectivity index (χ4n) is 4.66. The van der Waals surface area contributed by atoms with Gasteiger partial charge < -0.3 is 62.4 Å². The van der Waals surface area contributed by atoms with Crippen LogP contribution in [0.1, 0.15) is 39.8 Å². The number of nitrogens with zero attached hydrogens (tertiary/aromatic N) is 4. The lowest BCUT2D eigenvalue weighted by molar-refractivity contribution is -0.137. The first-order valence-corrected chi connectivity index (χ1v) is 21.3. The van der Waals surface area contributed by atoms with E-state index < -0.39 is 90.2 Å². The van der Waals surface area contributed by atoms with E-state index in [-0.39, 0.29) is 53.8 Å². The topological polar surface area (TPSA) is 416 Å². The van der Waals surface area contributed by atoms with Crippen LogP contribution in [0.3, 0.4) is 0 Å². The molecule has 2 aromatic rings. The van der Waals surface area contributed by atoms with Gasteiger partial charge in [-0.2, -0.15) is 4.31 Å². The number of hydrogen-bond acceptors (Lipinski definition) is 20. The molecule has 26 nitrogen and oxygen atoms in total. The molecule has 0 aromatic carbocycles. The number of carbonyl (C=O) groups excluding carboxylic acids is 3. The Morgan fingerprint density at radius 2 is 1.69 bits per heavy atom. The van der Waals surface area contributed by atoms with Crippen LogP contribution >= 0.6 is 35.2 Å². The highest BCUT2D eigenvalue weighted by Crippen LogP contribution is 2.61. The Kier molecular flexibility index (Phi) is 16.0. The van der Waals surface area contributed by atoms with Crippen LogP contribution in [0.15, 0.2) is 12.7 Å². The van der Waals surface area contributed by atoms with Crippen molar-refractivity contribution in [2.24, 2.45) is 16.9 Å². The molecular formula is C25H44N9O17P3S. The van der Waals surface area contributed by atoms with Crippen molar-refractivity contribution in [3.05, 3.63) is 12.7 Å². The van der Waals surface area contributed by atoms with Gasteiger partial charge in [0.05, 0.1) is 25.2 Å². The second kappa shape index (κ2) is 18.8. The van der Waals surface area contributed by atoms with Gasteiger partial charge in [-0.25, -0.2) is 28.6 Å². The molecule has 1 aliphatic rings. The van der Waals surface area contributed by atoms with Gasteiger partial charge in [0.2, 0.25) is 11.8 Å². The van der Waals surface area contributed by atoms with Gasteiger partial charge in [0, 0.05) is 37.1 Å². The molecule has 3 rings (SSSR count). The Balaban J connectivity index is 1.50. The Morgan fingerprint density at radius 3 is 2.33 bits per heavy atom. The fourth-order valence-corrected chi connectivity index (χ4v) is 8.33. The number of aliphatic hydroxyl groups is 2. The second-order valence-electron chi connectivity index (χ2n) is 13.0. The first-order chi connectivity index (χ1) is 25.2. The van der Waals surface area contributed by atoms with Gasteiger partial charge in [0.25, 0.3) is 0 Å². The molecule has 7 atom stereocenters. The lowest BCUT2D eigenvalue weighted by Gasteiger charge is -2.30. The maximum absolute atomic E-state index is 12.7. The van der Waals surface area contributed by atoms with Crippen molar-refractivity contribution in [1.29, 1.82) is 0 Å². The number of ether oxygens (including phenoxy) is 1. The molecule has 0 radical (unpaired) electrons. The number of nitrogens with two attached hydrogens (primary N) is 3. The summed E-state index contributed by atoms with van der Waals surface area (Å²) in [7, 11) is -16.4. The van der Waals surface area contributed by atoms with Crippen molar-refractivity contribution in [3.63, 3.8) is 0 Å². The normalized spacial score (nSPS) is 22.2. The summed E-state index contributed by atoms with van der Waals surface area (Å²) in [6, 6.07) is 0. The van der Waals surface area contributed by atoms with E-state index in [1.807, 2.05) is 0 Å². The number of nitrogen functional groups attached to an aromatic ring is 1. The van der Waals surface area contributed by atoms with Crippen LogP contribution in [0, 0.1) is 5.41 Å². The predicted octanol–water partition coefficient (Wildman–Crippen LogP) is -2.31.